The van der Waals surface area contributed by atoms with E-state index in [1.165, 1.54) is 25.0 Å². The van der Waals surface area contributed by atoms with Gasteiger partial charge in [0.25, 0.3) is 0 Å². The monoisotopic (exact) mass is 244 g/mol. The third-order valence-electron chi connectivity index (χ3n) is 2.78. The molecule has 2 N–H and O–H groups in total. The third-order valence-corrected chi connectivity index (χ3v) is 4.18. The topological polar surface area (TPSA) is 41.1 Å². The van der Waals surface area contributed by atoms with Crippen LogP contribution in [-0.2, 0) is 4.79 Å². The van der Waals surface area contributed by atoms with Crippen molar-refractivity contribution in [2.24, 2.45) is 0 Å². The van der Waals surface area contributed by atoms with E-state index >= 15 is 0 Å². The Morgan fingerprint density at radius 1 is 1.44 bits per heavy atom. The van der Waals surface area contributed by atoms with E-state index in [0.29, 0.717) is 6.54 Å². The highest BCUT2D eigenvalue weighted by atomic mass is 32.2. The molecule has 16 heavy (non-hydrogen) atoms. The lowest BCUT2D eigenvalue weighted by atomic mass is 10.2. The molecular weight excluding hydrogens is 220 g/mol. The number of amides is 1. The summed E-state index contributed by atoms with van der Waals surface area (Å²) in [4.78, 5) is 11.4. The van der Waals surface area contributed by atoms with Crippen LogP contribution >= 0.6 is 11.8 Å². The smallest absolute Gasteiger partial charge is 0.233 e. The molecule has 0 saturated carbocycles. The second-order valence-corrected chi connectivity index (χ2v) is 5.73. The number of hydrogen-bond donors (Lipinski definition) is 2. The number of unbranched alkanes of at least 4 members (excludes halogenated alkanes) is 1. The molecule has 1 heterocycles. The number of carbonyl (C=O) groups excluding carboxylic acids is 1. The molecule has 0 aromatic rings. The highest BCUT2D eigenvalue weighted by molar-refractivity contribution is 7.99. The maximum absolute atomic E-state index is 11.4. The van der Waals surface area contributed by atoms with Crippen molar-refractivity contribution in [1.82, 2.24) is 10.6 Å². The lowest BCUT2D eigenvalue weighted by molar-refractivity contribution is -0.120. The summed E-state index contributed by atoms with van der Waals surface area (Å²) in [5, 5.41) is 6.88. The molecule has 1 atom stereocenters. The zero-order valence-corrected chi connectivity index (χ0v) is 11.1. The fourth-order valence-corrected chi connectivity index (χ4v) is 3.06. The van der Waals surface area contributed by atoms with Crippen molar-refractivity contribution in [2.45, 2.75) is 44.3 Å². The zero-order valence-electron chi connectivity index (χ0n) is 10.3. The van der Waals surface area contributed by atoms with Crippen LogP contribution in [0.4, 0.5) is 0 Å². The van der Waals surface area contributed by atoms with Gasteiger partial charge in [-0.25, -0.2) is 0 Å². The lowest BCUT2D eigenvalue weighted by Gasteiger charge is -2.21. The molecule has 0 spiro atoms. The molecule has 94 valence electrons. The molecule has 1 aliphatic rings. The molecule has 1 amide bonds. The van der Waals surface area contributed by atoms with Crippen LogP contribution in [0.15, 0.2) is 0 Å². The molecule has 0 aromatic heterocycles. The van der Waals surface area contributed by atoms with Gasteiger partial charge in [0, 0.05) is 18.3 Å². The predicted octanol–water partition coefficient (Wildman–Crippen LogP) is 1.78. The van der Waals surface area contributed by atoms with Crippen molar-refractivity contribution in [3.63, 3.8) is 0 Å². The van der Waals surface area contributed by atoms with Crippen LogP contribution in [0.2, 0.25) is 0 Å². The molecule has 1 unspecified atom stereocenters. The van der Waals surface area contributed by atoms with Crippen molar-refractivity contribution in [1.29, 1.82) is 0 Å². The van der Waals surface area contributed by atoms with Gasteiger partial charge < -0.3 is 10.6 Å². The van der Waals surface area contributed by atoms with Crippen molar-refractivity contribution < 1.29 is 4.79 Å². The average molecular weight is 244 g/mol. The van der Waals surface area contributed by atoms with Crippen LogP contribution in [0.25, 0.3) is 0 Å². The summed E-state index contributed by atoms with van der Waals surface area (Å²) in [5.74, 6) is 1.42. The van der Waals surface area contributed by atoms with Gasteiger partial charge >= 0.3 is 0 Å². The first-order valence-electron chi connectivity index (χ1n) is 6.42. The van der Waals surface area contributed by atoms with E-state index in [1.807, 2.05) is 11.8 Å². The number of thioether (sulfide) groups is 1. The Kier molecular flexibility index (Phi) is 7.68. The van der Waals surface area contributed by atoms with E-state index in [0.717, 1.165) is 31.2 Å². The number of nitrogens with one attached hydrogen (secondary N) is 2. The number of rotatable bonds is 7. The predicted molar refractivity (Wildman–Crippen MR) is 70.9 cm³/mol. The van der Waals surface area contributed by atoms with Crippen molar-refractivity contribution in [3.8, 4) is 0 Å². The van der Waals surface area contributed by atoms with E-state index in [2.05, 4.69) is 17.6 Å². The molecule has 1 fully saturated rings. The molecule has 1 aliphatic heterocycles. The standard InChI is InChI=1S/C12H24N2OS/c1-2-3-7-14-12(15)10-13-9-11-6-4-5-8-16-11/h11,13H,2-10H2,1H3,(H,14,15). The number of hydrogen-bond acceptors (Lipinski definition) is 3. The van der Waals surface area contributed by atoms with Gasteiger partial charge in [-0.2, -0.15) is 11.8 Å². The average Bonchev–Trinajstić information content (AvgIpc) is 2.31. The van der Waals surface area contributed by atoms with E-state index in [-0.39, 0.29) is 5.91 Å². The summed E-state index contributed by atoms with van der Waals surface area (Å²) >= 11 is 2.04. The Balaban J connectivity index is 1.94. The summed E-state index contributed by atoms with van der Waals surface area (Å²) in [6.07, 6.45) is 6.21. The molecule has 0 bridgehead atoms. The fraction of sp³-hybridized carbons (Fsp3) is 0.917. The van der Waals surface area contributed by atoms with Crippen LogP contribution in [0, 0.1) is 0 Å². The Morgan fingerprint density at radius 3 is 3.00 bits per heavy atom. The van der Waals surface area contributed by atoms with Gasteiger partial charge in [-0.15, -0.1) is 0 Å². The Bertz CT molecular complexity index is 193. The van der Waals surface area contributed by atoms with E-state index in [1.54, 1.807) is 0 Å². The van der Waals surface area contributed by atoms with Crippen molar-refractivity contribution >= 4 is 17.7 Å². The van der Waals surface area contributed by atoms with E-state index in [4.69, 9.17) is 0 Å². The second-order valence-electron chi connectivity index (χ2n) is 4.32. The summed E-state index contributed by atoms with van der Waals surface area (Å²) in [7, 11) is 0. The van der Waals surface area contributed by atoms with Gasteiger partial charge in [0.15, 0.2) is 0 Å². The number of carbonyl (C=O) groups is 1. The van der Waals surface area contributed by atoms with Gasteiger partial charge in [0.2, 0.25) is 5.91 Å². The minimum Gasteiger partial charge on any atom is -0.355 e. The SMILES string of the molecule is CCCCNC(=O)CNCC1CCCCS1. The third kappa shape index (κ3) is 6.38. The van der Waals surface area contributed by atoms with Crippen LogP contribution in [0.5, 0.6) is 0 Å². The van der Waals surface area contributed by atoms with E-state index < -0.39 is 0 Å². The first-order valence-corrected chi connectivity index (χ1v) is 7.47. The summed E-state index contributed by atoms with van der Waals surface area (Å²) in [5.41, 5.74) is 0. The molecule has 0 aromatic carbocycles. The summed E-state index contributed by atoms with van der Waals surface area (Å²) in [6, 6.07) is 0. The highest BCUT2D eigenvalue weighted by Gasteiger charge is 2.13. The van der Waals surface area contributed by atoms with Crippen LogP contribution in [0.3, 0.4) is 0 Å². The van der Waals surface area contributed by atoms with Gasteiger partial charge in [-0.3, -0.25) is 4.79 Å². The lowest BCUT2D eigenvalue weighted by Crippen LogP contribution is -2.37. The van der Waals surface area contributed by atoms with Crippen LogP contribution < -0.4 is 10.6 Å². The quantitative estimate of drug-likeness (QED) is 0.671. The molecule has 1 rings (SSSR count). The minimum absolute atomic E-state index is 0.134. The largest absolute Gasteiger partial charge is 0.355 e. The molecule has 0 radical (unpaired) electrons. The first-order chi connectivity index (χ1) is 7.83. The summed E-state index contributed by atoms with van der Waals surface area (Å²) < 4.78 is 0. The van der Waals surface area contributed by atoms with Crippen LogP contribution in [-0.4, -0.2) is 36.5 Å². The zero-order chi connectivity index (χ0) is 11.6. The minimum atomic E-state index is 0.134. The van der Waals surface area contributed by atoms with Crippen molar-refractivity contribution in [2.75, 3.05) is 25.4 Å². The summed E-state index contributed by atoms with van der Waals surface area (Å²) in [6.45, 7) is 4.40. The Morgan fingerprint density at radius 2 is 2.31 bits per heavy atom. The Hall–Kier alpha value is -0.220. The molecule has 0 aliphatic carbocycles. The van der Waals surface area contributed by atoms with Gasteiger partial charge in [-0.05, 0) is 25.0 Å². The first kappa shape index (κ1) is 13.8. The van der Waals surface area contributed by atoms with E-state index in [9.17, 15) is 4.79 Å². The van der Waals surface area contributed by atoms with Crippen LogP contribution in [0.1, 0.15) is 39.0 Å². The normalized spacial score (nSPS) is 20.7. The fourth-order valence-electron chi connectivity index (χ4n) is 1.78. The molecular formula is C12H24N2OS. The Labute approximate surface area is 103 Å². The second kappa shape index (κ2) is 8.88. The molecule has 1 saturated heterocycles. The maximum Gasteiger partial charge on any atom is 0.233 e. The van der Waals surface area contributed by atoms with Crippen molar-refractivity contribution in [3.05, 3.63) is 0 Å². The molecule has 4 heteroatoms. The molecule has 3 nitrogen and oxygen atoms in total. The van der Waals surface area contributed by atoms with Gasteiger partial charge in [0.1, 0.15) is 0 Å². The van der Waals surface area contributed by atoms with Gasteiger partial charge in [0.05, 0.1) is 6.54 Å². The maximum atomic E-state index is 11.4. The van der Waals surface area contributed by atoms with Gasteiger partial charge in [-0.1, -0.05) is 19.8 Å². The highest BCUT2D eigenvalue weighted by Crippen LogP contribution is 2.23.